The molecule has 0 N–H and O–H groups in total. The number of benzene rings is 1. The molecule has 0 saturated carbocycles. The minimum absolute atomic E-state index is 0.259. The minimum atomic E-state index is -0.259. The molecule has 3 aromatic rings. The molecule has 0 aliphatic heterocycles. The first-order valence-electron chi connectivity index (χ1n) is 4.89. The van der Waals surface area contributed by atoms with Gasteiger partial charge in [0.1, 0.15) is 5.82 Å². The van der Waals surface area contributed by atoms with E-state index in [2.05, 4.69) is 10.1 Å². The van der Waals surface area contributed by atoms with E-state index in [0.717, 1.165) is 16.9 Å². The van der Waals surface area contributed by atoms with E-state index in [9.17, 15) is 4.39 Å². The second kappa shape index (κ2) is 3.41. The molecule has 0 spiro atoms. The molecule has 1 aromatic carbocycles. The first-order valence-corrected chi connectivity index (χ1v) is 4.89. The largest absolute Gasteiger partial charge is 0.236 e. The normalized spacial score (nSPS) is 10.8. The molecular formula is C12H8FN3. The van der Waals surface area contributed by atoms with Crippen molar-refractivity contribution < 1.29 is 4.39 Å². The van der Waals surface area contributed by atoms with Crippen LogP contribution in [0.25, 0.3) is 16.9 Å². The van der Waals surface area contributed by atoms with Crippen molar-refractivity contribution in [2.75, 3.05) is 0 Å². The molecule has 0 aliphatic carbocycles. The van der Waals surface area contributed by atoms with E-state index in [1.165, 1.54) is 12.1 Å². The van der Waals surface area contributed by atoms with Crippen LogP contribution in [-0.2, 0) is 0 Å². The molecule has 3 rings (SSSR count). The molecule has 0 amide bonds. The third-order valence-corrected chi connectivity index (χ3v) is 2.38. The predicted molar refractivity (Wildman–Crippen MR) is 58.4 cm³/mol. The number of fused-ring (bicyclic) bond motifs is 1. The van der Waals surface area contributed by atoms with Crippen LogP contribution in [0.3, 0.4) is 0 Å². The highest BCUT2D eigenvalue weighted by atomic mass is 19.1. The van der Waals surface area contributed by atoms with Gasteiger partial charge in [0.15, 0.2) is 5.65 Å². The second-order valence-corrected chi connectivity index (χ2v) is 3.46. The maximum atomic E-state index is 13.1. The standard InChI is InChI=1S/C12H8FN3/c13-10-3-1-2-9(8-10)11-4-5-12-14-6-7-16(12)15-11/h1-8H. The third kappa shape index (κ3) is 1.44. The van der Waals surface area contributed by atoms with E-state index >= 15 is 0 Å². The van der Waals surface area contributed by atoms with E-state index < -0.39 is 0 Å². The summed E-state index contributed by atoms with van der Waals surface area (Å²) >= 11 is 0. The van der Waals surface area contributed by atoms with E-state index in [4.69, 9.17) is 0 Å². The number of hydrogen-bond acceptors (Lipinski definition) is 2. The van der Waals surface area contributed by atoms with Crippen molar-refractivity contribution in [3.05, 3.63) is 54.6 Å². The molecule has 3 nitrogen and oxygen atoms in total. The van der Waals surface area contributed by atoms with Gasteiger partial charge >= 0.3 is 0 Å². The molecule has 2 aromatic heterocycles. The summed E-state index contributed by atoms with van der Waals surface area (Å²) in [6.07, 6.45) is 3.44. The van der Waals surface area contributed by atoms with Crippen molar-refractivity contribution in [2.45, 2.75) is 0 Å². The quantitative estimate of drug-likeness (QED) is 0.621. The summed E-state index contributed by atoms with van der Waals surface area (Å²) in [6.45, 7) is 0. The maximum Gasteiger partial charge on any atom is 0.153 e. The van der Waals surface area contributed by atoms with Crippen LogP contribution in [0, 0.1) is 5.82 Å². The smallest absolute Gasteiger partial charge is 0.153 e. The Kier molecular flexibility index (Phi) is 1.93. The molecular weight excluding hydrogens is 205 g/mol. The molecule has 78 valence electrons. The SMILES string of the molecule is Fc1cccc(-c2ccc3nccn3n2)c1. The van der Waals surface area contributed by atoms with Crippen LogP contribution >= 0.6 is 0 Å². The van der Waals surface area contributed by atoms with Crippen molar-refractivity contribution >= 4 is 5.65 Å². The van der Waals surface area contributed by atoms with E-state index in [0.29, 0.717) is 0 Å². The summed E-state index contributed by atoms with van der Waals surface area (Å²) in [4.78, 5) is 4.10. The Balaban J connectivity index is 2.18. The summed E-state index contributed by atoms with van der Waals surface area (Å²) in [6, 6.07) is 10.1. The molecule has 16 heavy (non-hydrogen) atoms. The van der Waals surface area contributed by atoms with Crippen molar-refractivity contribution in [3.8, 4) is 11.3 Å². The summed E-state index contributed by atoms with van der Waals surface area (Å²) in [5.74, 6) is -0.259. The molecule has 0 aliphatic rings. The van der Waals surface area contributed by atoms with Gasteiger partial charge < -0.3 is 0 Å². The summed E-state index contributed by atoms with van der Waals surface area (Å²) in [5.41, 5.74) is 2.26. The maximum absolute atomic E-state index is 13.1. The van der Waals surface area contributed by atoms with Gasteiger partial charge in [0.25, 0.3) is 0 Å². The lowest BCUT2D eigenvalue weighted by molar-refractivity contribution is 0.628. The average molecular weight is 213 g/mol. The zero-order valence-corrected chi connectivity index (χ0v) is 8.34. The van der Waals surface area contributed by atoms with E-state index in [1.807, 2.05) is 18.2 Å². The Labute approximate surface area is 91.2 Å². The number of aromatic nitrogens is 3. The first kappa shape index (κ1) is 9.03. The fraction of sp³-hybridized carbons (Fsp3) is 0. The molecule has 0 atom stereocenters. The summed E-state index contributed by atoms with van der Waals surface area (Å²) in [7, 11) is 0. The summed E-state index contributed by atoms with van der Waals surface area (Å²) < 4.78 is 14.7. The fourth-order valence-corrected chi connectivity index (χ4v) is 1.62. The number of rotatable bonds is 1. The zero-order valence-electron chi connectivity index (χ0n) is 8.34. The Morgan fingerprint density at radius 2 is 2.06 bits per heavy atom. The first-order chi connectivity index (χ1) is 7.83. The molecule has 0 fully saturated rings. The van der Waals surface area contributed by atoms with Crippen molar-refractivity contribution in [1.29, 1.82) is 0 Å². The Morgan fingerprint density at radius 3 is 2.94 bits per heavy atom. The lowest BCUT2D eigenvalue weighted by Crippen LogP contribution is -1.93. The van der Waals surface area contributed by atoms with E-state index in [1.54, 1.807) is 23.0 Å². The second-order valence-electron chi connectivity index (χ2n) is 3.46. The average Bonchev–Trinajstić information content (AvgIpc) is 2.75. The Hall–Kier alpha value is -2.23. The van der Waals surface area contributed by atoms with Gasteiger partial charge in [-0.05, 0) is 24.3 Å². The molecule has 0 bridgehead atoms. The van der Waals surface area contributed by atoms with Crippen LogP contribution in [0.4, 0.5) is 4.39 Å². The molecule has 0 unspecified atom stereocenters. The van der Waals surface area contributed by atoms with Crippen LogP contribution < -0.4 is 0 Å². The topological polar surface area (TPSA) is 30.2 Å². The van der Waals surface area contributed by atoms with Gasteiger partial charge in [0, 0.05) is 18.0 Å². The van der Waals surface area contributed by atoms with Gasteiger partial charge in [-0.25, -0.2) is 13.9 Å². The van der Waals surface area contributed by atoms with Crippen LogP contribution in [0.1, 0.15) is 0 Å². The highest BCUT2D eigenvalue weighted by Crippen LogP contribution is 2.17. The van der Waals surface area contributed by atoms with Crippen molar-refractivity contribution in [3.63, 3.8) is 0 Å². The van der Waals surface area contributed by atoms with Crippen molar-refractivity contribution in [1.82, 2.24) is 14.6 Å². The van der Waals surface area contributed by atoms with Crippen LogP contribution in [0.2, 0.25) is 0 Å². The van der Waals surface area contributed by atoms with E-state index in [-0.39, 0.29) is 5.82 Å². The van der Waals surface area contributed by atoms with Gasteiger partial charge in [-0.2, -0.15) is 5.10 Å². The lowest BCUT2D eigenvalue weighted by atomic mass is 10.1. The minimum Gasteiger partial charge on any atom is -0.236 e. The highest BCUT2D eigenvalue weighted by Gasteiger charge is 2.02. The third-order valence-electron chi connectivity index (χ3n) is 2.38. The predicted octanol–water partition coefficient (Wildman–Crippen LogP) is 2.54. The van der Waals surface area contributed by atoms with Crippen LogP contribution in [0.5, 0.6) is 0 Å². The zero-order chi connectivity index (χ0) is 11.0. The van der Waals surface area contributed by atoms with Gasteiger partial charge in [-0.3, -0.25) is 0 Å². The van der Waals surface area contributed by atoms with Crippen molar-refractivity contribution in [2.24, 2.45) is 0 Å². The molecule has 0 radical (unpaired) electrons. The number of imidazole rings is 1. The molecule has 0 saturated heterocycles. The molecule has 4 heteroatoms. The van der Waals surface area contributed by atoms with Crippen LogP contribution in [-0.4, -0.2) is 14.6 Å². The number of hydrogen-bond donors (Lipinski definition) is 0. The van der Waals surface area contributed by atoms with Gasteiger partial charge in [-0.15, -0.1) is 0 Å². The monoisotopic (exact) mass is 213 g/mol. The van der Waals surface area contributed by atoms with Gasteiger partial charge in [0.05, 0.1) is 5.69 Å². The molecule has 2 heterocycles. The van der Waals surface area contributed by atoms with Gasteiger partial charge in [-0.1, -0.05) is 12.1 Å². The number of nitrogens with zero attached hydrogens (tertiary/aromatic N) is 3. The highest BCUT2D eigenvalue weighted by molar-refractivity contribution is 5.60. The van der Waals surface area contributed by atoms with Gasteiger partial charge in [0.2, 0.25) is 0 Å². The Morgan fingerprint density at radius 1 is 1.12 bits per heavy atom. The lowest BCUT2D eigenvalue weighted by Gasteiger charge is -2.01. The van der Waals surface area contributed by atoms with Crippen LogP contribution in [0.15, 0.2) is 48.8 Å². The Bertz CT molecular complexity index is 645. The fourth-order valence-electron chi connectivity index (χ4n) is 1.62. The number of halogens is 1. The summed E-state index contributed by atoms with van der Waals surface area (Å²) in [5, 5.41) is 4.33.